The second kappa shape index (κ2) is 7.89. The molecule has 2 heterocycles. The highest BCUT2D eigenvalue weighted by Crippen LogP contribution is 2.23. The van der Waals surface area contributed by atoms with Crippen molar-refractivity contribution >= 4 is 33.8 Å². The molecule has 7 heteroatoms. The molecular formula is C22H20N4O2S. The number of amides is 2. The molecule has 0 saturated heterocycles. The SMILES string of the molecule is Cc1cccc(C(=O)N[C@H](C)C(=O)Nc2ccc(-c3cn4ccsc4n3)cc2)c1. The summed E-state index contributed by atoms with van der Waals surface area (Å²) in [6.45, 7) is 3.58. The Morgan fingerprint density at radius 1 is 1.14 bits per heavy atom. The summed E-state index contributed by atoms with van der Waals surface area (Å²) in [6, 6.07) is 14.1. The molecule has 2 aromatic carbocycles. The van der Waals surface area contributed by atoms with Gasteiger partial charge in [-0.2, -0.15) is 0 Å². The molecule has 0 aliphatic rings. The van der Waals surface area contributed by atoms with Gasteiger partial charge in [0.1, 0.15) is 6.04 Å². The van der Waals surface area contributed by atoms with Crippen LogP contribution in [0, 0.1) is 6.92 Å². The van der Waals surface area contributed by atoms with E-state index in [0.717, 1.165) is 21.8 Å². The predicted molar refractivity (Wildman–Crippen MR) is 115 cm³/mol. The van der Waals surface area contributed by atoms with Crippen molar-refractivity contribution in [1.82, 2.24) is 14.7 Å². The topological polar surface area (TPSA) is 75.5 Å². The standard InChI is InChI=1S/C22H20N4O2S/c1-14-4-3-5-17(12-14)21(28)23-15(2)20(27)24-18-8-6-16(7-9-18)19-13-26-10-11-29-22(26)25-19/h3-13,15H,1-2H3,(H,23,28)(H,24,27)/t15-/m1/s1. The molecule has 0 spiro atoms. The van der Waals surface area contributed by atoms with Crippen LogP contribution in [0.3, 0.4) is 0 Å². The normalized spacial score (nSPS) is 11.9. The number of aromatic nitrogens is 2. The minimum absolute atomic E-state index is 0.272. The number of imidazole rings is 1. The quantitative estimate of drug-likeness (QED) is 0.525. The summed E-state index contributed by atoms with van der Waals surface area (Å²) < 4.78 is 1.98. The maximum absolute atomic E-state index is 12.4. The average molecular weight is 404 g/mol. The molecule has 4 aromatic rings. The Morgan fingerprint density at radius 3 is 2.66 bits per heavy atom. The first kappa shape index (κ1) is 18.9. The Bertz CT molecular complexity index is 1150. The van der Waals surface area contributed by atoms with Crippen molar-refractivity contribution in [3.05, 3.63) is 77.4 Å². The molecule has 0 saturated carbocycles. The first-order valence-electron chi connectivity index (χ1n) is 9.20. The van der Waals surface area contributed by atoms with E-state index in [9.17, 15) is 9.59 Å². The molecule has 0 aliphatic carbocycles. The molecular weight excluding hydrogens is 384 g/mol. The van der Waals surface area contributed by atoms with Crippen molar-refractivity contribution in [1.29, 1.82) is 0 Å². The van der Waals surface area contributed by atoms with Gasteiger partial charge in [-0.15, -0.1) is 11.3 Å². The number of benzene rings is 2. The van der Waals surface area contributed by atoms with Crippen LogP contribution >= 0.6 is 11.3 Å². The number of fused-ring (bicyclic) bond motifs is 1. The van der Waals surface area contributed by atoms with Crippen LogP contribution in [0.15, 0.2) is 66.3 Å². The van der Waals surface area contributed by atoms with Crippen molar-refractivity contribution < 1.29 is 9.59 Å². The van der Waals surface area contributed by atoms with Crippen molar-refractivity contribution in [2.24, 2.45) is 0 Å². The Hall–Kier alpha value is -3.45. The van der Waals surface area contributed by atoms with Crippen LogP contribution in [0.5, 0.6) is 0 Å². The number of hydrogen-bond acceptors (Lipinski definition) is 4. The first-order valence-corrected chi connectivity index (χ1v) is 10.1. The van der Waals surface area contributed by atoms with Gasteiger partial charge in [0, 0.05) is 34.6 Å². The molecule has 0 bridgehead atoms. The summed E-state index contributed by atoms with van der Waals surface area (Å²) in [5.41, 5.74) is 4.05. The fraction of sp³-hybridized carbons (Fsp3) is 0.136. The highest BCUT2D eigenvalue weighted by Gasteiger charge is 2.17. The molecule has 2 N–H and O–H groups in total. The lowest BCUT2D eigenvalue weighted by Gasteiger charge is -2.14. The summed E-state index contributed by atoms with van der Waals surface area (Å²) in [5.74, 6) is -0.548. The van der Waals surface area contributed by atoms with E-state index in [2.05, 4.69) is 15.6 Å². The summed E-state index contributed by atoms with van der Waals surface area (Å²) in [5, 5.41) is 7.55. The highest BCUT2D eigenvalue weighted by atomic mass is 32.1. The summed E-state index contributed by atoms with van der Waals surface area (Å²) in [4.78, 5) is 30.3. The molecule has 1 atom stereocenters. The lowest BCUT2D eigenvalue weighted by Crippen LogP contribution is -2.41. The van der Waals surface area contributed by atoms with Crippen LogP contribution in [0.4, 0.5) is 5.69 Å². The molecule has 2 aromatic heterocycles. The van der Waals surface area contributed by atoms with Crippen molar-refractivity contribution in [3.8, 4) is 11.3 Å². The molecule has 29 heavy (non-hydrogen) atoms. The summed E-state index contributed by atoms with van der Waals surface area (Å²) in [6.07, 6.45) is 3.94. The van der Waals surface area contributed by atoms with Gasteiger partial charge in [0.2, 0.25) is 5.91 Å². The number of nitrogens with one attached hydrogen (secondary N) is 2. The van der Waals surface area contributed by atoms with E-state index in [1.54, 1.807) is 30.4 Å². The molecule has 4 rings (SSSR count). The number of nitrogens with zero attached hydrogens (tertiary/aromatic N) is 2. The lowest BCUT2D eigenvalue weighted by molar-refractivity contribution is -0.117. The van der Waals surface area contributed by atoms with Crippen molar-refractivity contribution in [3.63, 3.8) is 0 Å². The molecule has 2 amide bonds. The van der Waals surface area contributed by atoms with Crippen LogP contribution < -0.4 is 10.6 Å². The molecule has 6 nitrogen and oxygen atoms in total. The summed E-state index contributed by atoms with van der Waals surface area (Å²) >= 11 is 1.58. The highest BCUT2D eigenvalue weighted by molar-refractivity contribution is 7.15. The smallest absolute Gasteiger partial charge is 0.251 e. The Kier molecular flexibility index (Phi) is 5.14. The van der Waals surface area contributed by atoms with Gasteiger partial charge in [-0.1, -0.05) is 29.8 Å². The monoisotopic (exact) mass is 404 g/mol. The number of rotatable bonds is 5. The van der Waals surface area contributed by atoms with Gasteiger partial charge in [0.05, 0.1) is 5.69 Å². The predicted octanol–water partition coefficient (Wildman–Crippen LogP) is 4.13. The average Bonchev–Trinajstić information content (AvgIpc) is 3.30. The van der Waals surface area contributed by atoms with Crippen molar-refractivity contribution in [2.75, 3.05) is 5.32 Å². The van der Waals surface area contributed by atoms with Crippen LogP contribution in [-0.4, -0.2) is 27.2 Å². The zero-order valence-electron chi connectivity index (χ0n) is 16.0. The zero-order valence-corrected chi connectivity index (χ0v) is 16.9. The fourth-order valence-corrected chi connectivity index (χ4v) is 3.67. The number of hydrogen-bond donors (Lipinski definition) is 2. The molecule has 0 radical (unpaired) electrons. The largest absolute Gasteiger partial charge is 0.341 e. The molecule has 146 valence electrons. The van der Waals surface area contributed by atoms with Gasteiger partial charge >= 0.3 is 0 Å². The Morgan fingerprint density at radius 2 is 1.93 bits per heavy atom. The number of carbonyl (C=O) groups is 2. The van der Waals surface area contributed by atoms with Crippen LogP contribution in [0.2, 0.25) is 0 Å². The van der Waals surface area contributed by atoms with Crippen LogP contribution in [0.1, 0.15) is 22.8 Å². The molecule has 0 fully saturated rings. The number of aryl methyl sites for hydroxylation is 1. The van der Waals surface area contributed by atoms with Gasteiger partial charge in [0.15, 0.2) is 4.96 Å². The molecule has 0 aliphatic heterocycles. The molecule has 0 unspecified atom stereocenters. The summed E-state index contributed by atoms with van der Waals surface area (Å²) in [7, 11) is 0. The third-order valence-electron chi connectivity index (χ3n) is 4.56. The maximum Gasteiger partial charge on any atom is 0.251 e. The van der Waals surface area contributed by atoms with Gasteiger partial charge in [0.25, 0.3) is 5.91 Å². The fourth-order valence-electron chi connectivity index (χ4n) is 2.97. The third kappa shape index (κ3) is 4.20. The van der Waals surface area contributed by atoms with Gasteiger partial charge < -0.3 is 10.6 Å². The van der Waals surface area contributed by atoms with Crippen LogP contribution in [0.25, 0.3) is 16.2 Å². The number of thiazole rings is 1. The minimum Gasteiger partial charge on any atom is -0.341 e. The Balaban J connectivity index is 1.38. The minimum atomic E-state index is -0.664. The van der Waals surface area contributed by atoms with Gasteiger partial charge in [-0.05, 0) is 38.1 Å². The lowest BCUT2D eigenvalue weighted by atomic mass is 10.1. The zero-order chi connectivity index (χ0) is 20.4. The maximum atomic E-state index is 12.4. The van der Waals surface area contributed by atoms with E-state index in [1.807, 2.05) is 65.5 Å². The van der Waals surface area contributed by atoms with Gasteiger partial charge in [-0.25, -0.2) is 4.98 Å². The number of carbonyl (C=O) groups excluding carboxylic acids is 2. The van der Waals surface area contributed by atoms with Gasteiger partial charge in [-0.3, -0.25) is 14.0 Å². The van der Waals surface area contributed by atoms with Crippen LogP contribution in [-0.2, 0) is 4.79 Å². The van der Waals surface area contributed by atoms with E-state index >= 15 is 0 Å². The number of anilines is 1. The van der Waals surface area contributed by atoms with Crippen molar-refractivity contribution in [2.45, 2.75) is 19.9 Å². The van der Waals surface area contributed by atoms with E-state index in [-0.39, 0.29) is 11.8 Å². The van der Waals surface area contributed by atoms with E-state index in [4.69, 9.17) is 0 Å². The van der Waals surface area contributed by atoms with E-state index < -0.39 is 6.04 Å². The second-order valence-corrected chi connectivity index (χ2v) is 7.72. The first-order chi connectivity index (χ1) is 14.0. The second-order valence-electron chi connectivity index (χ2n) is 6.85. The third-order valence-corrected chi connectivity index (χ3v) is 5.33. The van der Waals surface area contributed by atoms with E-state index in [0.29, 0.717) is 11.3 Å². The van der Waals surface area contributed by atoms with E-state index in [1.165, 1.54) is 0 Å². The Labute approximate surface area is 172 Å².